The third kappa shape index (κ3) is 2.95. The summed E-state index contributed by atoms with van der Waals surface area (Å²) in [5.41, 5.74) is 4.33. The summed E-state index contributed by atoms with van der Waals surface area (Å²) in [6, 6.07) is 10.1. The maximum Gasteiger partial charge on any atom is 0.130 e. The molecule has 0 fully saturated rings. The quantitative estimate of drug-likeness (QED) is 0.770. The number of benzene rings is 1. The van der Waals surface area contributed by atoms with Gasteiger partial charge in [0, 0.05) is 19.3 Å². The first-order valence-corrected chi connectivity index (χ1v) is 5.14. The van der Waals surface area contributed by atoms with E-state index in [0.717, 1.165) is 31.2 Å². The molecule has 80 valence electrons. The minimum atomic E-state index is 0.744. The van der Waals surface area contributed by atoms with Gasteiger partial charge < -0.3 is 10.7 Å². The summed E-state index contributed by atoms with van der Waals surface area (Å²) in [4.78, 5) is 4.40. The van der Waals surface area contributed by atoms with E-state index in [4.69, 9.17) is 0 Å². The molecule has 1 heterocycles. The van der Waals surface area contributed by atoms with E-state index in [-0.39, 0.29) is 0 Å². The van der Waals surface area contributed by atoms with Crippen LogP contribution in [0.4, 0.5) is 5.69 Å². The summed E-state index contributed by atoms with van der Waals surface area (Å²) in [7, 11) is 2.02. The molecule has 0 aromatic heterocycles. The summed E-state index contributed by atoms with van der Waals surface area (Å²) >= 11 is 0. The highest BCUT2D eigenvalue weighted by atomic mass is 15.5. The number of likely N-dealkylation sites (N-methyl/N-ethyl adjacent to an activating group) is 1. The maximum atomic E-state index is 4.40. The highest BCUT2D eigenvalue weighted by Crippen LogP contribution is 2.04. The topological polar surface area (TPSA) is 39.7 Å². The Labute approximate surface area is 90.0 Å². The van der Waals surface area contributed by atoms with Crippen molar-refractivity contribution < 1.29 is 0 Å². The van der Waals surface area contributed by atoms with Crippen LogP contribution in [0.2, 0.25) is 0 Å². The van der Waals surface area contributed by atoms with E-state index in [9.17, 15) is 0 Å². The van der Waals surface area contributed by atoms with Crippen LogP contribution in [0.1, 0.15) is 0 Å². The molecule has 0 aliphatic carbocycles. The minimum absolute atomic E-state index is 0.744. The average molecular weight is 204 g/mol. The van der Waals surface area contributed by atoms with Crippen LogP contribution >= 0.6 is 0 Å². The molecule has 4 nitrogen and oxygen atoms in total. The van der Waals surface area contributed by atoms with Crippen molar-refractivity contribution in [3.05, 3.63) is 30.3 Å². The fourth-order valence-electron chi connectivity index (χ4n) is 1.48. The average Bonchev–Trinajstić information content (AvgIpc) is 2.28. The first-order valence-electron chi connectivity index (χ1n) is 5.14. The van der Waals surface area contributed by atoms with E-state index in [0.29, 0.717) is 0 Å². The molecule has 1 aliphatic rings. The van der Waals surface area contributed by atoms with E-state index in [1.807, 2.05) is 37.4 Å². The zero-order chi connectivity index (χ0) is 10.5. The zero-order valence-corrected chi connectivity index (χ0v) is 8.90. The Hall–Kier alpha value is -1.55. The summed E-state index contributed by atoms with van der Waals surface area (Å²) in [5.74, 6) is 0.993. The third-order valence-corrected chi connectivity index (χ3v) is 2.29. The van der Waals surface area contributed by atoms with E-state index in [2.05, 4.69) is 20.7 Å². The maximum absolute atomic E-state index is 4.40. The smallest absolute Gasteiger partial charge is 0.130 e. The Morgan fingerprint density at radius 2 is 2.20 bits per heavy atom. The van der Waals surface area contributed by atoms with Crippen LogP contribution in [0.15, 0.2) is 35.3 Å². The van der Waals surface area contributed by atoms with Gasteiger partial charge in [-0.3, -0.25) is 4.99 Å². The second-order valence-corrected chi connectivity index (χ2v) is 3.58. The molecule has 0 unspecified atom stereocenters. The largest absolute Gasteiger partial charge is 0.378 e. The Morgan fingerprint density at radius 1 is 1.40 bits per heavy atom. The third-order valence-electron chi connectivity index (χ3n) is 2.29. The summed E-state index contributed by atoms with van der Waals surface area (Å²) < 4.78 is 0. The number of nitrogens with zero attached hydrogens (tertiary/aromatic N) is 2. The van der Waals surface area contributed by atoms with Gasteiger partial charge in [-0.25, -0.2) is 5.01 Å². The molecule has 0 radical (unpaired) electrons. The number of amidine groups is 1. The van der Waals surface area contributed by atoms with Crippen molar-refractivity contribution in [3.63, 3.8) is 0 Å². The van der Waals surface area contributed by atoms with Gasteiger partial charge in [0.25, 0.3) is 0 Å². The molecule has 0 saturated heterocycles. The van der Waals surface area contributed by atoms with Crippen LogP contribution in [0.3, 0.4) is 0 Å². The van der Waals surface area contributed by atoms with Gasteiger partial charge in [0.2, 0.25) is 0 Å². The Kier molecular flexibility index (Phi) is 3.19. The standard InChI is InChI=1S/C11H16N4/c1-15-8-7-12-11(14-15)9-13-10-5-3-2-4-6-10/h2-6,13H,7-9H2,1H3,(H,12,14). The van der Waals surface area contributed by atoms with Gasteiger partial charge in [-0.15, -0.1) is 0 Å². The zero-order valence-electron chi connectivity index (χ0n) is 8.90. The van der Waals surface area contributed by atoms with Crippen LogP contribution in [-0.4, -0.2) is 37.5 Å². The van der Waals surface area contributed by atoms with Crippen LogP contribution < -0.4 is 10.7 Å². The van der Waals surface area contributed by atoms with Crippen LogP contribution in [0.5, 0.6) is 0 Å². The van der Waals surface area contributed by atoms with Crippen molar-refractivity contribution in [2.75, 3.05) is 32.0 Å². The Balaban J connectivity index is 1.86. The van der Waals surface area contributed by atoms with E-state index >= 15 is 0 Å². The van der Waals surface area contributed by atoms with Crippen LogP contribution in [-0.2, 0) is 0 Å². The molecule has 2 rings (SSSR count). The Bertz CT molecular complexity index is 334. The van der Waals surface area contributed by atoms with Crippen molar-refractivity contribution >= 4 is 11.5 Å². The van der Waals surface area contributed by atoms with Crippen molar-refractivity contribution in [1.82, 2.24) is 10.4 Å². The highest BCUT2D eigenvalue weighted by Gasteiger charge is 2.07. The van der Waals surface area contributed by atoms with Gasteiger partial charge in [-0.05, 0) is 12.1 Å². The lowest BCUT2D eigenvalue weighted by Crippen LogP contribution is -2.47. The molecule has 15 heavy (non-hydrogen) atoms. The van der Waals surface area contributed by atoms with Crippen molar-refractivity contribution in [3.8, 4) is 0 Å². The molecule has 0 spiro atoms. The fraction of sp³-hybridized carbons (Fsp3) is 0.364. The van der Waals surface area contributed by atoms with Crippen molar-refractivity contribution in [2.45, 2.75) is 0 Å². The fourth-order valence-corrected chi connectivity index (χ4v) is 1.48. The second-order valence-electron chi connectivity index (χ2n) is 3.58. The number of aliphatic imine (C=N–C) groups is 1. The molecule has 1 aliphatic heterocycles. The van der Waals surface area contributed by atoms with Crippen LogP contribution in [0, 0.1) is 0 Å². The lowest BCUT2D eigenvalue weighted by Gasteiger charge is -2.24. The normalized spacial score (nSPS) is 16.7. The molecule has 4 heteroatoms. The number of anilines is 1. The van der Waals surface area contributed by atoms with Gasteiger partial charge >= 0.3 is 0 Å². The number of nitrogens with one attached hydrogen (secondary N) is 2. The predicted molar refractivity (Wildman–Crippen MR) is 63.0 cm³/mol. The molecule has 1 aromatic rings. The van der Waals surface area contributed by atoms with Gasteiger partial charge in [-0.2, -0.15) is 0 Å². The first kappa shape index (κ1) is 9.98. The molecular formula is C11H16N4. The predicted octanol–water partition coefficient (Wildman–Crippen LogP) is 0.947. The molecule has 0 bridgehead atoms. The van der Waals surface area contributed by atoms with Gasteiger partial charge in [0.05, 0.1) is 13.1 Å². The van der Waals surface area contributed by atoms with Crippen molar-refractivity contribution in [1.29, 1.82) is 0 Å². The van der Waals surface area contributed by atoms with Crippen molar-refractivity contribution in [2.24, 2.45) is 4.99 Å². The highest BCUT2D eigenvalue weighted by molar-refractivity contribution is 5.86. The molecule has 2 N–H and O–H groups in total. The minimum Gasteiger partial charge on any atom is -0.378 e. The molecular weight excluding hydrogens is 188 g/mol. The number of rotatable bonds is 3. The molecule has 1 aromatic carbocycles. The Morgan fingerprint density at radius 3 is 2.93 bits per heavy atom. The number of para-hydroxylation sites is 1. The lowest BCUT2D eigenvalue weighted by atomic mass is 10.3. The summed E-state index contributed by atoms with van der Waals surface area (Å²) in [5, 5.41) is 5.37. The van der Waals surface area contributed by atoms with E-state index in [1.165, 1.54) is 0 Å². The summed E-state index contributed by atoms with van der Waals surface area (Å²) in [6.07, 6.45) is 0. The molecule has 0 amide bonds. The van der Waals surface area contributed by atoms with E-state index in [1.54, 1.807) is 0 Å². The monoisotopic (exact) mass is 204 g/mol. The molecule has 0 saturated carbocycles. The molecule has 0 atom stereocenters. The van der Waals surface area contributed by atoms with E-state index < -0.39 is 0 Å². The lowest BCUT2D eigenvalue weighted by molar-refractivity contribution is 0.286. The number of hydrogen-bond donors (Lipinski definition) is 2. The van der Waals surface area contributed by atoms with Crippen LogP contribution in [0.25, 0.3) is 0 Å². The van der Waals surface area contributed by atoms with Gasteiger partial charge in [0.15, 0.2) is 0 Å². The summed E-state index contributed by atoms with van der Waals surface area (Å²) in [6.45, 7) is 2.58. The van der Waals surface area contributed by atoms with Gasteiger partial charge in [-0.1, -0.05) is 18.2 Å². The SMILES string of the molecule is CN1CCN=C(CNc2ccccc2)N1. The van der Waals surface area contributed by atoms with Gasteiger partial charge in [0.1, 0.15) is 5.84 Å². The number of hydrazine groups is 1. The number of hydrogen-bond acceptors (Lipinski definition) is 4. The second kappa shape index (κ2) is 4.79. The first-order chi connectivity index (χ1) is 7.34.